The van der Waals surface area contributed by atoms with E-state index in [4.69, 9.17) is 18.5 Å². The average Bonchev–Trinajstić information content (AvgIpc) is 3.24. The lowest BCUT2D eigenvalue weighted by Gasteiger charge is -2.20. The van der Waals surface area contributed by atoms with Gasteiger partial charge in [0.1, 0.15) is 12.2 Å². The van der Waals surface area contributed by atoms with Crippen LogP contribution in [0.3, 0.4) is 0 Å². The van der Waals surface area contributed by atoms with Crippen LogP contribution in [0.1, 0.15) is 226 Å². The van der Waals surface area contributed by atoms with Gasteiger partial charge in [-0.1, -0.05) is 204 Å². The molecule has 352 valence electrons. The second kappa shape index (κ2) is 45.2. The zero-order valence-electron chi connectivity index (χ0n) is 38.4. The fraction of sp³-hybridized carbons (Fsp3) is 0.837. The Labute approximate surface area is 367 Å². The molecule has 60 heavy (non-hydrogen) atoms. The largest absolute Gasteiger partial charge is 0.472 e. The standard InChI is InChI=1S/C49H91O10P/c1-3-5-7-9-11-13-15-17-19-20-21-22-23-24-25-27-29-31-33-35-37-39-41-49(53)59-47(43-51)45-57-60(54,55)56-44-46(42-50)58-48(52)40-38-36-34-32-30-28-26-18-16-14-12-10-8-6-4-2/h6,8,12,14,18,26,46-47,50-51H,3-5,7,9-11,13,15-17,19-25,27-45H2,1-2H3,(H,54,55)/b8-6-,14-12-,26-18-. The van der Waals surface area contributed by atoms with Crippen molar-refractivity contribution in [3.05, 3.63) is 36.5 Å². The van der Waals surface area contributed by atoms with E-state index in [0.717, 1.165) is 70.6 Å². The number of carbonyl (C=O) groups excluding carboxylic acids is 2. The van der Waals surface area contributed by atoms with E-state index in [0.29, 0.717) is 12.8 Å². The summed E-state index contributed by atoms with van der Waals surface area (Å²) < 4.78 is 32.7. The van der Waals surface area contributed by atoms with Crippen LogP contribution in [-0.2, 0) is 32.7 Å². The van der Waals surface area contributed by atoms with E-state index in [9.17, 15) is 29.3 Å². The van der Waals surface area contributed by atoms with Crippen LogP contribution in [0.4, 0.5) is 0 Å². The van der Waals surface area contributed by atoms with E-state index in [1.165, 1.54) is 116 Å². The quantitative estimate of drug-likeness (QED) is 0.0234. The molecule has 0 rings (SSSR count). The van der Waals surface area contributed by atoms with Gasteiger partial charge in [-0.15, -0.1) is 0 Å². The summed E-state index contributed by atoms with van der Waals surface area (Å²) in [5, 5.41) is 19.2. The molecule has 0 bridgehead atoms. The number of esters is 2. The molecule has 0 aromatic rings. The fourth-order valence-electron chi connectivity index (χ4n) is 6.90. The second-order valence-electron chi connectivity index (χ2n) is 16.4. The molecule has 3 unspecified atom stereocenters. The van der Waals surface area contributed by atoms with E-state index in [1.54, 1.807) is 0 Å². The Morgan fingerprint density at radius 3 is 1.13 bits per heavy atom. The number of aliphatic hydroxyl groups is 2. The van der Waals surface area contributed by atoms with Gasteiger partial charge in [0.25, 0.3) is 0 Å². The molecule has 0 aromatic carbocycles. The van der Waals surface area contributed by atoms with Gasteiger partial charge in [-0.25, -0.2) is 4.57 Å². The van der Waals surface area contributed by atoms with Gasteiger partial charge in [-0.2, -0.15) is 0 Å². The first-order valence-corrected chi connectivity index (χ1v) is 25.9. The highest BCUT2D eigenvalue weighted by Crippen LogP contribution is 2.43. The van der Waals surface area contributed by atoms with Gasteiger partial charge in [-0.05, 0) is 44.9 Å². The van der Waals surface area contributed by atoms with Crippen LogP contribution in [0, 0.1) is 0 Å². The monoisotopic (exact) mass is 871 g/mol. The van der Waals surface area contributed by atoms with Gasteiger partial charge < -0.3 is 24.6 Å². The maximum atomic E-state index is 12.4. The summed E-state index contributed by atoms with van der Waals surface area (Å²) in [6.07, 6.45) is 48.4. The van der Waals surface area contributed by atoms with Crippen LogP contribution in [0.5, 0.6) is 0 Å². The Hall–Kier alpha value is -1.81. The summed E-state index contributed by atoms with van der Waals surface area (Å²) in [7, 11) is -4.64. The topological polar surface area (TPSA) is 149 Å². The van der Waals surface area contributed by atoms with Crippen LogP contribution in [0.15, 0.2) is 36.5 Å². The highest BCUT2D eigenvalue weighted by atomic mass is 31.2. The number of ether oxygens (including phenoxy) is 2. The molecule has 0 aromatic heterocycles. The Morgan fingerprint density at radius 2 is 0.783 bits per heavy atom. The van der Waals surface area contributed by atoms with Crippen molar-refractivity contribution >= 4 is 19.8 Å². The Kier molecular flexibility index (Phi) is 43.9. The molecule has 11 heteroatoms. The molecule has 0 heterocycles. The van der Waals surface area contributed by atoms with Crippen molar-refractivity contribution in [3.8, 4) is 0 Å². The Balaban J connectivity index is 3.83. The van der Waals surface area contributed by atoms with Crippen LogP contribution < -0.4 is 0 Å². The van der Waals surface area contributed by atoms with Gasteiger partial charge in [0.15, 0.2) is 0 Å². The number of phosphoric acid groups is 1. The molecule has 3 atom stereocenters. The van der Waals surface area contributed by atoms with Crippen molar-refractivity contribution in [2.75, 3.05) is 26.4 Å². The third-order valence-corrected chi connectivity index (χ3v) is 11.6. The molecule has 0 aliphatic carbocycles. The second-order valence-corrected chi connectivity index (χ2v) is 17.9. The molecule has 0 fully saturated rings. The number of hydrogen-bond donors (Lipinski definition) is 3. The van der Waals surface area contributed by atoms with E-state index in [2.05, 4.69) is 50.3 Å². The zero-order valence-corrected chi connectivity index (χ0v) is 39.3. The summed E-state index contributed by atoms with van der Waals surface area (Å²) in [5.41, 5.74) is 0. The predicted molar refractivity (Wildman–Crippen MR) is 247 cm³/mol. The van der Waals surface area contributed by atoms with Gasteiger partial charge in [0, 0.05) is 12.8 Å². The van der Waals surface area contributed by atoms with Gasteiger partial charge >= 0.3 is 19.8 Å². The third-order valence-electron chi connectivity index (χ3n) is 10.6. The highest BCUT2D eigenvalue weighted by Gasteiger charge is 2.27. The smallest absolute Gasteiger partial charge is 0.457 e. The summed E-state index contributed by atoms with van der Waals surface area (Å²) in [4.78, 5) is 34.6. The van der Waals surface area contributed by atoms with Gasteiger partial charge in [-0.3, -0.25) is 18.6 Å². The Bertz CT molecular complexity index is 1090. The van der Waals surface area contributed by atoms with Gasteiger partial charge in [0.05, 0.1) is 26.4 Å². The number of hydrogen-bond acceptors (Lipinski definition) is 9. The maximum absolute atomic E-state index is 12.4. The Morgan fingerprint density at radius 1 is 0.467 bits per heavy atom. The molecular weight excluding hydrogens is 780 g/mol. The van der Waals surface area contributed by atoms with Crippen LogP contribution in [0.2, 0.25) is 0 Å². The normalized spacial score (nSPS) is 14.0. The molecule has 0 aliphatic rings. The minimum absolute atomic E-state index is 0.173. The van der Waals surface area contributed by atoms with E-state index in [-0.39, 0.29) is 12.8 Å². The number of carbonyl (C=O) groups is 2. The summed E-state index contributed by atoms with van der Waals surface area (Å²) >= 11 is 0. The molecule has 3 N–H and O–H groups in total. The van der Waals surface area contributed by atoms with Crippen molar-refractivity contribution in [3.63, 3.8) is 0 Å². The number of aliphatic hydroxyl groups excluding tert-OH is 2. The van der Waals surface area contributed by atoms with Crippen molar-refractivity contribution in [1.29, 1.82) is 0 Å². The van der Waals surface area contributed by atoms with Crippen LogP contribution >= 0.6 is 7.82 Å². The number of rotatable bonds is 46. The van der Waals surface area contributed by atoms with E-state index < -0.39 is 58.4 Å². The molecular formula is C49H91O10P. The van der Waals surface area contributed by atoms with Gasteiger partial charge in [0.2, 0.25) is 0 Å². The van der Waals surface area contributed by atoms with Crippen LogP contribution in [-0.4, -0.2) is 65.7 Å². The summed E-state index contributed by atoms with van der Waals surface area (Å²) in [6, 6.07) is 0. The number of unbranched alkanes of at least 4 members (excludes halogenated alkanes) is 26. The molecule has 10 nitrogen and oxygen atoms in total. The third kappa shape index (κ3) is 42.9. The predicted octanol–water partition coefficient (Wildman–Crippen LogP) is 13.5. The summed E-state index contributed by atoms with van der Waals surface area (Å²) in [6.45, 7) is 2.11. The average molecular weight is 871 g/mol. The first-order valence-electron chi connectivity index (χ1n) is 24.4. The van der Waals surface area contributed by atoms with Crippen molar-refractivity contribution in [2.45, 2.75) is 238 Å². The first-order chi connectivity index (χ1) is 29.3. The summed E-state index contributed by atoms with van der Waals surface area (Å²) in [5.74, 6) is -1.03. The maximum Gasteiger partial charge on any atom is 0.472 e. The SMILES string of the molecule is CC/C=C\C/C=C\C/C=C\CCCCCCCC(=O)OC(CO)COP(=O)(O)OCC(CO)OC(=O)CCCCCCCCCCCCCCCCCCCCCCCC. The van der Waals surface area contributed by atoms with Crippen LogP contribution in [0.25, 0.3) is 0 Å². The molecule has 0 radical (unpaired) electrons. The number of phosphoric ester groups is 1. The molecule has 0 aliphatic heterocycles. The highest BCUT2D eigenvalue weighted by molar-refractivity contribution is 7.47. The zero-order chi connectivity index (χ0) is 44.0. The minimum Gasteiger partial charge on any atom is -0.457 e. The number of allylic oxidation sites excluding steroid dienone is 6. The first kappa shape index (κ1) is 58.2. The van der Waals surface area contributed by atoms with Crippen molar-refractivity contribution < 1.29 is 47.8 Å². The lowest BCUT2D eigenvalue weighted by Crippen LogP contribution is -2.28. The van der Waals surface area contributed by atoms with Crippen molar-refractivity contribution in [2.24, 2.45) is 0 Å². The van der Waals surface area contributed by atoms with E-state index in [1.807, 2.05) is 0 Å². The fourth-order valence-corrected chi connectivity index (χ4v) is 7.68. The molecule has 0 spiro atoms. The minimum atomic E-state index is -4.64. The molecule has 0 saturated carbocycles. The van der Waals surface area contributed by atoms with E-state index >= 15 is 0 Å². The van der Waals surface area contributed by atoms with Crippen molar-refractivity contribution in [1.82, 2.24) is 0 Å². The molecule has 0 amide bonds. The lowest BCUT2D eigenvalue weighted by atomic mass is 10.0. The molecule has 0 saturated heterocycles. The lowest BCUT2D eigenvalue weighted by molar-refractivity contribution is -0.153.